The Kier molecular flexibility index (Phi) is 5.79. The molecule has 3 aromatic rings. The number of aromatic nitrogens is 1. The second kappa shape index (κ2) is 8.67. The van der Waals surface area contributed by atoms with Gasteiger partial charge in [0.15, 0.2) is 6.10 Å². The number of carbonyl (C=O) groups excluding carboxylic acids is 2. The molecule has 6 nitrogen and oxygen atoms in total. The van der Waals surface area contributed by atoms with E-state index < -0.39 is 29.6 Å². The summed E-state index contributed by atoms with van der Waals surface area (Å²) in [5.74, 6) is -2.56. The van der Waals surface area contributed by atoms with Crippen molar-refractivity contribution >= 4 is 34.3 Å². The maximum Gasteiger partial charge on any atom is 0.342 e. The van der Waals surface area contributed by atoms with Gasteiger partial charge in [0, 0.05) is 24.5 Å². The molecule has 8 heteroatoms. The number of para-hydroxylation sites is 1. The van der Waals surface area contributed by atoms with Crippen LogP contribution in [0.2, 0.25) is 0 Å². The summed E-state index contributed by atoms with van der Waals surface area (Å²) < 4.78 is 32.2. The molecule has 1 atom stereocenters. The molecule has 0 radical (unpaired) electrons. The Morgan fingerprint density at radius 2 is 1.84 bits per heavy atom. The Hall–Kier alpha value is -3.55. The highest BCUT2D eigenvalue weighted by molar-refractivity contribution is 6.01. The highest BCUT2D eigenvalue weighted by Crippen LogP contribution is 2.27. The summed E-state index contributed by atoms with van der Waals surface area (Å²) in [7, 11) is 0. The molecule has 0 aliphatic carbocycles. The lowest BCUT2D eigenvalue weighted by molar-refractivity contribution is -0.123. The van der Waals surface area contributed by atoms with E-state index in [1.54, 1.807) is 6.07 Å². The molecule has 0 bridgehead atoms. The van der Waals surface area contributed by atoms with Gasteiger partial charge < -0.3 is 15.0 Å². The van der Waals surface area contributed by atoms with E-state index in [0.717, 1.165) is 49.0 Å². The highest BCUT2D eigenvalue weighted by Gasteiger charge is 2.26. The van der Waals surface area contributed by atoms with E-state index in [1.807, 2.05) is 29.2 Å². The quantitative estimate of drug-likeness (QED) is 0.618. The van der Waals surface area contributed by atoms with Crippen molar-refractivity contribution in [2.75, 3.05) is 23.3 Å². The van der Waals surface area contributed by atoms with Crippen LogP contribution in [0.15, 0.2) is 48.5 Å². The zero-order valence-electron chi connectivity index (χ0n) is 16.9. The van der Waals surface area contributed by atoms with Gasteiger partial charge in [-0.05, 0) is 44.0 Å². The summed E-state index contributed by atoms with van der Waals surface area (Å²) in [6.45, 7) is 2.95. The number of hydrogen-bond acceptors (Lipinski definition) is 5. The fourth-order valence-electron chi connectivity index (χ4n) is 3.53. The molecule has 1 aliphatic heterocycles. The molecule has 1 aliphatic rings. The van der Waals surface area contributed by atoms with Crippen LogP contribution in [0.5, 0.6) is 0 Å². The maximum absolute atomic E-state index is 13.8. The van der Waals surface area contributed by atoms with Gasteiger partial charge in [-0.1, -0.05) is 18.2 Å². The number of carbonyl (C=O) groups is 2. The lowest BCUT2D eigenvalue weighted by Gasteiger charge is -2.21. The Bertz CT molecular complexity index is 1150. The van der Waals surface area contributed by atoms with Crippen molar-refractivity contribution in [2.24, 2.45) is 0 Å². The number of anilines is 2. The Balaban J connectivity index is 1.55. The summed E-state index contributed by atoms with van der Waals surface area (Å²) in [4.78, 5) is 32.0. The largest absolute Gasteiger partial charge is 0.449 e. The normalized spacial score (nSPS) is 14.5. The summed E-state index contributed by atoms with van der Waals surface area (Å²) in [5.41, 5.74) is 0.839. The van der Waals surface area contributed by atoms with E-state index in [1.165, 1.54) is 6.92 Å². The SMILES string of the molecule is CC(OC(=O)c1cc2ccccc2nc1N1CCCC1)C(=O)Nc1ccc(F)cc1F. The first kappa shape index (κ1) is 20.7. The molecule has 2 aromatic carbocycles. The summed E-state index contributed by atoms with van der Waals surface area (Å²) in [5, 5.41) is 3.09. The summed E-state index contributed by atoms with van der Waals surface area (Å²) in [6, 6.07) is 12.0. The first-order valence-corrected chi connectivity index (χ1v) is 10.0. The van der Waals surface area contributed by atoms with Crippen molar-refractivity contribution in [2.45, 2.75) is 25.9 Å². The second-order valence-electron chi connectivity index (χ2n) is 7.41. The number of hydrogen-bond donors (Lipinski definition) is 1. The van der Waals surface area contributed by atoms with Crippen LogP contribution < -0.4 is 10.2 Å². The third-order valence-corrected chi connectivity index (χ3v) is 5.17. The van der Waals surface area contributed by atoms with Crippen LogP contribution in [0.4, 0.5) is 20.3 Å². The number of nitrogens with zero attached hydrogens (tertiary/aromatic N) is 2. The van der Waals surface area contributed by atoms with Gasteiger partial charge in [0.1, 0.15) is 23.0 Å². The second-order valence-corrected chi connectivity index (χ2v) is 7.41. The van der Waals surface area contributed by atoms with Gasteiger partial charge in [-0.15, -0.1) is 0 Å². The highest BCUT2D eigenvalue weighted by atomic mass is 19.1. The molecule has 31 heavy (non-hydrogen) atoms. The minimum Gasteiger partial charge on any atom is -0.449 e. The van der Waals surface area contributed by atoms with Gasteiger partial charge in [0.2, 0.25) is 0 Å². The summed E-state index contributed by atoms with van der Waals surface area (Å²) in [6.07, 6.45) is 0.811. The summed E-state index contributed by atoms with van der Waals surface area (Å²) >= 11 is 0. The minimum absolute atomic E-state index is 0.195. The van der Waals surface area contributed by atoms with E-state index in [9.17, 15) is 18.4 Å². The molecular weight excluding hydrogens is 404 g/mol. The number of fused-ring (bicyclic) bond motifs is 1. The molecule has 1 amide bonds. The fourth-order valence-corrected chi connectivity index (χ4v) is 3.53. The molecule has 4 rings (SSSR count). The van der Waals surface area contributed by atoms with E-state index in [4.69, 9.17) is 4.74 Å². The van der Waals surface area contributed by atoms with Crippen molar-refractivity contribution in [3.63, 3.8) is 0 Å². The third kappa shape index (κ3) is 4.47. The van der Waals surface area contributed by atoms with E-state index in [-0.39, 0.29) is 11.3 Å². The molecule has 1 fully saturated rings. The number of benzene rings is 2. The lowest BCUT2D eigenvalue weighted by atomic mass is 10.1. The molecule has 1 aromatic heterocycles. The minimum atomic E-state index is -1.20. The van der Waals surface area contributed by atoms with Gasteiger partial charge in [0.25, 0.3) is 5.91 Å². The topological polar surface area (TPSA) is 71.5 Å². The smallest absolute Gasteiger partial charge is 0.342 e. The van der Waals surface area contributed by atoms with E-state index in [2.05, 4.69) is 10.3 Å². The molecular formula is C23H21F2N3O3. The van der Waals surface area contributed by atoms with Crippen molar-refractivity contribution in [1.29, 1.82) is 0 Å². The van der Waals surface area contributed by atoms with Crippen molar-refractivity contribution in [3.05, 3.63) is 65.7 Å². The molecule has 1 saturated heterocycles. The first-order valence-electron chi connectivity index (χ1n) is 10.0. The van der Waals surface area contributed by atoms with Crippen LogP contribution in [-0.2, 0) is 9.53 Å². The molecule has 0 spiro atoms. The number of esters is 1. The fraction of sp³-hybridized carbons (Fsp3) is 0.261. The Morgan fingerprint density at radius 1 is 1.10 bits per heavy atom. The van der Waals surface area contributed by atoms with Gasteiger partial charge in [-0.25, -0.2) is 18.6 Å². The Labute approximate surface area is 177 Å². The predicted octanol–water partition coefficient (Wildman–Crippen LogP) is 4.30. The van der Waals surface area contributed by atoms with Gasteiger partial charge >= 0.3 is 5.97 Å². The van der Waals surface area contributed by atoms with Crippen LogP contribution in [-0.4, -0.2) is 36.1 Å². The molecule has 2 heterocycles. The van der Waals surface area contributed by atoms with E-state index >= 15 is 0 Å². The third-order valence-electron chi connectivity index (χ3n) is 5.17. The van der Waals surface area contributed by atoms with Gasteiger partial charge in [0.05, 0.1) is 11.2 Å². The number of rotatable bonds is 5. The first-order chi connectivity index (χ1) is 14.9. The monoisotopic (exact) mass is 425 g/mol. The van der Waals surface area contributed by atoms with E-state index in [0.29, 0.717) is 11.9 Å². The zero-order chi connectivity index (χ0) is 22.0. The van der Waals surface area contributed by atoms with Crippen molar-refractivity contribution < 1.29 is 23.1 Å². The average Bonchev–Trinajstić information content (AvgIpc) is 3.29. The van der Waals surface area contributed by atoms with Crippen LogP contribution in [0.1, 0.15) is 30.1 Å². The van der Waals surface area contributed by atoms with Crippen molar-refractivity contribution in [3.8, 4) is 0 Å². The molecule has 160 valence electrons. The lowest BCUT2D eigenvalue weighted by Crippen LogP contribution is -2.31. The molecule has 1 unspecified atom stereocenters. The number of halogens is 2. The van der Waals surface area contributed by atoms with Crippen LogP contribution in [0.3, 0.4) is 0 Å². The maximum atomic E-state index is 13.8. The number of amides is 1. The molecule has 0 saturated carbocycles. The van der Waals surface area contributed by atoms with Gasteiger partial charge in [-0.2, -0.15) is 0 Å². The van der Waals surface area contributed by atoms with Crippen LogP contribution >= 0.6 is 0 Å². The van der Waals surface area contributed by atoms with Crippen LogP contribution in [0, 0.1) is 11.6 Å². The predicted molar refractivity (Wildman–Crippen MR) is 113 cm³/mol. The average molecular weight is 425 g/mol. The molecule has 1 N–H and O–H groups in total. The number of nitrogens with one attached hydrogen (secondary N) is 1. The zero-order valence-corrected chi connectivity index (χ0v) is 16.9. The van der Waals surface area contributed by atoms with Crippen LogP contribution in [0.25, 0.3) is 10.9 Å². The number of pyridine rings is 1. The Morgan fingerprint density at radius 3 is 2.58 bits per heavy atom. The van der Waals surface area contributed by atoms with Gasteiger partial charge in [-0.3, -0.25) is 4.79 Å². The van der Waals surface area contributed by atoms with Crippen molar-refractivity contribution in [1.82, 2.24) is 4.98 Å². The standard InChI is InChI=1S/C23H21F2N3O3/c1-14(22(29)27-20-9-8-16(24)13-18(20)25)31-23(30)17-12-15-6-2-3-7-19(15)26-21(17)28-10-4-5-11-28/h2-3,6-9,12-14H,4-5,10-11H2,1H3,(H,27,29). The number of ether oxygens (including phenoxy) is 1.